The summed E-state index contributed by atoms with van der Waals surface area (Å²) in [6.45, 7) is 6.37. The number of fused-ring (bicyclic) bond motifs is 1. The molecule has 2 aromatic carbocycles. The second kappa shape index (κ2) is 9.41. The summed E-state index contributed by atoms with van der Waals surface area (Å²) in [6, 6.07) is 15.1. The number of halogens is 1. The lowest BCUT2D eigenvalue weighted by Crippen LogP contribution is -2.15. The number of carbonyl (C=O) groups excluding carboxylic acids is 1. The molecule has 0 saturated carbocycles. The molecule has 0 unspecified atom stereocenters. The fourth-order valence-corrected chi connectivity index (χ4v) is 4.19. The number of furan rings is 1. The Morgan fingerprint density at radius 3 is 2.90 bits per heavy atom. The summed E-state index contributed by atoms with van der Waals surface area (Å²) in [6.07, 6.45) is 2.61. The minimum absolute atomic E-state index is 0.0982. The predicted molar refractivity (Wildman–Crippen MR) is 126 cm³/mol. The van der Waals surface area contributed by atoms with Crippen LogP contribution >= 0.6 is 23.4 Å². The number of hydrogen-bond acceptors (Lipinski definition) is 5. The van der Waals surface area contributed by atoms with Gasteiger partial charge in [0, 0.05) is 22.6 Å². The molecule has 0 atom stereocenters. The lowest BCUT2D eigenvalue weighted by molar-refractivity contribution is -0.113. The molecule has 8 heteroatoms. The highest BCUT2D eigenvalue weighted by atomic mass is 35.5. The molecule has 158 valence electrons. The minimum atomic E-state index is -0.0982. The van der Waals surface area contributed by atoms with Crippen LogP contribution in [-0.4, -0.2) is 26.4 Å². The van der Waals surface area contributed by atoms with Gasteiger partial charge < -0.3 is 9.73 Å². The van der Waals surface area contributed by atoms with Crippen LogP contribution in [0.4, 0.5) is 5.69 Å². The number of carbonyl (C=O) groups is 1. The molecule has 0 saturated heterocycles. The fraction of sp³-hybridized carbons (Fsp3) is 0.174. The summed E-state index contributed by atoms with van der Waals surface area (Å²) in [7, 11) is 0. The van der Waals surface area contributed by atoms with E-state index in [9.17, 15) is 4.79 Å². The van der Waals surface area contributed by atoms with Gasteiger partial charge in [0.05, 0.1) is 5.75 Å². The Bertz CT molecular complexity index is 1250. The van der Waals surface area contributed by atoms with Crippen molar-refractivity contribution in [3.8, 4) is 11.6 Å². The molecule has 0 aliphatic carbocycles. The van der Waals surface area contributed by atoms with Crippen molar-refractivity contribution in [1.29, 1.82) is 0 Å². The van der Waals surface area contributed by atoms with Crippen LogP contribution < -0.4 is 5.32 Å². The minimum Gasteiger partial charge on any atom is -0.453 e. The third-order valence-electron chi connectivity index (χ3n) is 4.73. The first-order chi connectivity index (χ1) is 15.1. The quantitative estimate of drug-likeness (QED) is 0.269. The Kier molecular flexibility index (Phi) is 6.44. The fourth-order valence-electron chi connectivity index (χ4n) is 3.26. The van der Waals surface area contributed by atoms with Crippen LogP contribution in [0.25, 0.3) is 22.6 Å². The van der Waals surface area contributed by atoms with Crippen molar-refractivity contribution in [2.75, 3.05) is 11.1 Å². The SMILES string of the molecule is C=CCn1c(SCC(=O)Nc2ccccc2CC)nnc1-c1cc2cc(Cl)ccc2o1. The number of benzene rings is 2. The van der Waals surface area contributed by atoms with Crippen molar-refractivity contribution in [3.63, 3.8) is 0 Å². The Labute approximate surface area is 189 Å². The molecule has 1 amide bonds. The first-order valence-corrected chi connectivity index (χ1v) is 11.2. The number of thioether (sulfide) groups is 1. The smallest absolute Gasteiger partial charge is 0.234 e. The number of aromatic nitrogens is 3. The number of rotatable bonds is 8. The summed E-state index contributed by atoms with van der Waals surface area (Å²) >= 11 is 7.40. The third-order valence-corrected chi connectivity index (χ3v) is 5.93. The highest BCUT2D eigenvalue weighted by Crippen LogP contribution is 2.31. The molecule has 0 radical (unpaired) electrons. The number of hydrogen-bond donors (Lipinski definition) is 1. The van der Waals surface area contributed by atoms with Crippen molar-refractivity contribution in [1.82, 2.24) is 14.8 Å². The Balaban J connectivity index is 1.53. The van der Waals surface area contributed by atoms with E-state index in [0.717, 1.165) is 28.6 Å². The van der Waals surface area contributed by atoms with Crippen LogP contribution in [0.15, 0.2) is 70.8 Å². The zero-order valence-corrected chi connectivity index (χ0v) is 18.5. The molecule has 0 spiro atoms. The Morgan fingerprint density at radius 1 is 1.26 bits per heavy atom. The number of allylic oxidation sites excluding steroid dienone is 1. The van der Waals surface area contributed by atoms with E-state index < -0.39 is 0 Å². The van der Waals surface area contributed by atoms with Gasteiger partial charge in [0.15, 0.2) is 10.9 Å². The van der Waals surface area contributed by atoms with Gasteiger partial charge in [-0.2, -0.15) is 0 Å². The molecule has 0 bridgehead atoms. The normalized spacial score (nSPS) is 11.0. The molecule has 31 heavy (non-hydrogen) atoms. The van der Waals surface area contributed by atoms with Gasteiger partial charge in [-0.1, -0.05) is 54.6 Å². The maximum Gasteiger partial charge on any atom is 0.234 e. The number of anilines is 1. The van der Waals surface area contributed by atoms with Crippen molar-refractivity contribution in [2.24, 2.45) is 0 Å². The average molecular weight is 453 g/mol. The highest BCUT2D eigenvalue weighted by molar-refractivity contribution is 7.99. The van der Waals surface area contributed by atoms with Crippen molar-refractivity contribution >= 4 is 45.9 Å². The Morgan fingerprint density at radius 2 is 2.10 bits per heavy atom. The lowest BCUT2D eigenvalue weighted by Gasteiger charge is -2.10. The van der Waals surface area contributed by atoms with Gasteiger partial charge >= 0.3 is 0 Å². The van der Waals surface area contributed by atoms with E-state index in [1.807, 2.05) is 47.0 Å². The van der Waals surface area contributed by atoms with E-state index in [2.05, 4.69) is 29.0 Å². The standard InChI is InChI=1S/C23H21ClN4O2S/c1-3-11-28-22(20-13-16-12-17(24)9-10-19(16)30-20)26-27-23(28)31-14-21(29)25-18-8-6-5-7-15(18)4-2/h3,5-10,12-13H,1,4,11,14H2,2H3,(H,25,29). The maximum absolute atomic E-state index is 12.5. The maximum atomic E-state index is 12.5. The molecule has 2 heterocycles. The zero-order valence-electron chi connectivity index (χ0n) is 17.0. The van der Waals surface area contributed by atoms with Crippen LogP contribution in [0.3, 0.4) is 0 Å². The number of amides is 1. The van der Waals surface area contributed by atoms with E-state index in [1.165, 1.54) is 11.8 Å². The third kappa shape index (κ3) is 4.68. The van der Waals surface area contributed by atoms with Gasteiger partial charge in [0.2, 0.25) is 11.7 Å². The molecular weight excluding hydrogens is 432 g/mol. The van der Waals surface area contributed by atoms with Crippen molar-refractivity contribution in [2.45, 2.75) is 25.0 Å². The van der Waals surface area contributed by atoms with E-state index in [1.54, 1.807) is 12.1 Å². The molecule has 0 fully saturated rings. The molecular formula is C23H21ClN4O2S. The molecule has 2 aromatic heterocycles. The second-order valence-corrected chi connectivity index (χ2v) is 8.22. The first kappa shape index (κ1) is 21.2. The number of para-hydroxylation sites is 1. The molecule has 0 aliphatic rings. The van der Waals surface area contributed by atoms with E-state index in [0.29, 0.717) is 28.3 Å². The van der Waals surface area contributed by atoms with E-state index in [-0.39, 0.29) is 11.7 Å². The van der Waals surface area contributed by atoms with Gasteiger partial charge in [0.1, 0.15) is 5.58 Å². The van der Waals surface area contributed by atoms with Crippen LogP contribution in [0.5, 0.6) is 0 Å². The molecule has 1 N–H and O–H groups in total. The summed E-state index contributed by atoms with van der Waals surface area (Å²) in [5, 5.41) is 13.7. The number of nitrogens with zero attached hydrogens (tertiary/aromatic N) is 3. The molecule has 4 aromatic rings. The summed E-state index contributed by atoms with van der Waals surface area (Å²) < 4.78 is 7.81. The van der Waals surface area contributed by atoms with Crippen LogP contribution in [-0.2, 0) is 17.8 Å². The van der Waals surface area contributed by atoms with Gasteiger partial charge in [-0.25, -0.2) is 0 Å². The predicted octanol–water partition coefficient (Wildman–Crippen LogP) is 5.82. The lowest BCUT2D eigenvalue weighted by atomic mass is 10.1. The van der Waals surface area contributed by atoms with Gasteiger partial charge in [-0.3, -0.25) is 9.36 Å². The van der Waals surface area contributed by atoms with Crippen LogP contribution in [0.2, 0.25) is 5.02 Å². The summed E-state index contributed by atoms with van der Waals surface area (Å²) in [5.41, 5.74) is 2.66. The molecule has 4 rings (SSSR count). The number of aryl methyl sites for hydroxylation is 1. The van der Waals surface area contributed by atoms with E-state index in [4.69, 9.17) is 16.0 Å². The zero-order chi connectivity index (χ0) is 21.8. The topological polar surface area (TPSA) is 73.0 Å². The molecule has 6 nitrogen and oxygen atoms in total. The number of nitrogens with one attached hydrogen (secondary N) is 1. The van der Waals surface area contributed by atoms with Gasteiger partial charge in [-0.15, -0.1) is 16.8 Å². The highest BCUT2D eigenvalue weighted by Gasteiger charge is 2.18. The van der Waals surface area contributed by atoms with Gasteiger partial charge in [-0.05, 0) is 42.3 Å². The second-order valence-electron chi connectivity index (χ2n) is 6.85. The van der Waals surface area contributed by atoms with Crippen LogP contribution in [0, 0.1) is 0 Å². The average Bonchev–Trinajstić information content (AvgIpc) is 3.36. The van der Waals surface area contributed by atoms with Gasteiger partial charge in [0.25, 0.3) is 0 Å². The first-order valence-electron chi connectivity index (χ1n) is 9.83. The van der Waals surface area contributed by atoms with Crippen LogP contribution in [0.1, 0.15) is 12.5 Å². The summed E-state index contributed by atoms with van der Waals surface area (Å²) in [5.74, 6) is 1.27. The summed E-state index contributed by atoms with van der Waals surface area (Å²) in [4.78, 5) is 12.5. The monoisotopic (exact) mass is 452 g/mol. The largest absolute Gasteiger partial charge is 0.453 e. The van der Waals surface area contributed by atoms with Crippen molar-refractivity contribution < 1.29 is 9.21 Å². The Hall–Kier alpha value is -3.03. The van der Waals surface area contributed by atoms with Crippen molar-refractivity contribution in [3.05, 3.63) is 71.8 Å². The molecule has 0 aliphatic heterocycles. The van der Waals surface area contributed by atoms with E-state index >= 15 is 0 Å².